The first-order valence-corrected chi connectivity index (χ1v) is 9.42. The van der Waals surface area contributed by atoms with Crippen LogP contribution < -0.4 is 9.64 Å². The van der Waals surface area contributed by atoms with E-state index in [1.165, 1.54) is 12.8 Å². The quantitative estimate of drug-likeness (QED) is 0.567. The van der Waals surface area contributed by atoms with Crippen LogP contribution in [0.2, 0.25) is 0 Å². The molecular weight excluding hydrogens is 350 g/mol. The van der Waals surface area contributed by atoms with Gasteiger partial charge >= 0.3 is 0 Å². The highest BCUT2D eigenvalue weighted by atomic mass is 16.5. The molecule has 0 amide bonds. The molecule has 1 aliphatic carbocycles. The average Bonchev–Trinajstić information content (AvgIpc) is 3.50. The molecule has 5 rings (SSSR count). The number of pyridine rings is 1. The third-order valence-corrected chi connectivity index (χ3v) is 5.22. The zero-order chi connectivity index (χ0) is 19.1. The minimum absolute atomic E-state index is 0.556. The van der Waals surface area contributed by atoms with Gasteiger partial charge in [-0.15, -0.1) is 0 Å². The first kappa shape index (κ1) is 16.7. The van der Waals surface area contributed by atoms with Gasteiger partial charge in [-0.1, -0.05) is 0 Å². The highest BCUT2D eigenvalue weighted by molar-refractivity contribution is 5.89. The third kappa shape index (κ3) is 2.97. The van der Waals surface area contributed by atoms with Crippen LogP contribution in [0.5, 0.6) is 5.75 Å². The van der Waals surface area contributed by atoms with Crippen molar-refractivity contribution in [3.63, 3.8) is 0 Å². The number of benzene rings is 1. The smallest absolute Gasteiger partial charge is 0.225 e. The molecule has 0 spiro atoms. The predicted octanol–water partition coefficient (Wildman–Crippen LogP) is 4.29. The van der Waals surface area contributed by atoms with Gasteiger partial charge in [0.15, 0.2) is 0 Å². The molecule has 0 bridgehead atoms. The van der Waals surface area contributed by atoms with Gasteiger partial charge < -0.3 is 14.6 Å². The lowest BCUT2D eigenvalue weighted by molar-refractivity contribution is 0.415. The number of aromatic nitrogens is 4. The number of aromatic amines is 1. The molecule has 1 aromatic carbocycles. The van der Waals surface area contributed by atoms with E-state index in [0.717, 1.165) is 45.2 Å². The monoisotopic (exact) mass is 371 g/mol. The van der Waals surface area contributed by atoms with Crippen LogP contribution in [-0.4, -0.2) is 40.1 Å². The molecule has 0 unspecified atom stereocenters. The molecule has 140 valence electrons. The highest BCUT2D eigenvalue weighted by Crippen LogP contribution is 2.34. The Morgan fingerprint density at radius 3 is 2.64 bits per heavy atom. The number of hydrogen-bond acceptors (Lipinski definition) is 5. The number of fused-ring (bicyclic) bond motifs is 1. The summed E-state index contributed by atoms with van der Waals surface area (Å²) in [5, 5.41) is 0. The van der Waals surface area contributed by atoms with Gasteiger partial charge in [0, 0.05) is 36.6 Å². The normalized spacial score (nSPS) is 13.6. The van der Waals surface area contributed by atoms with Crippen molar-refractivity contribution in [3.8, 4) is 28.3 Å². The van der Waals surface area contributed by atoms with Gasteiger partial charge in [-0.3, -0.25) is 0 Å². The number of ether oxygens (including phenoxy) is 1. The van der Waals surface area contributed by atoms with E-state index in [-0.39, 0.29) is 0 Å². The minimum atomic E-state index is 0.556. The Hall–Kier alpha value is -3.41. The topological polar surface area (TPSA) is 66.9 Å². The SMILES string of the molecule is COc1ccc(-c2nc3cc[nH]c3cc2-c2ccnc(N(C)C3CC3)n2)cc1. The Morgan fingerprint density at radius 1 is 1.07 bits per heavy atom. The average molecular weight is 371 g/mol. The molecule has 28 heavy (non-hydrogen) atoms. The Bertz CT molecular complexity index is 1130. The second-order valence-electron chi connectivity index (χ2n) is 7.11. The van der Waals surface area contributed by atoms with Crippen LogP contribution in [0.3, 0.4) is 0 Å². The summed E-state index contributed by atoms with van der Waals surface area (Å²) in [7, 11) is 3.73. The third-order valence-electron chi connectivity index (χ3n) is 5.22. The van der Waals surface area contributed by atoms with Crippen molar-refractivity contribution in [2.75, 3.05) is 19.1 Å². The van der Waals surface area contributed by atoms with Crippen LogP contribution in [0, 0.1) is 0 Å². The summed E-state index contributed by atoms with van der Waals surface area (Å²) in [5.41, 5.74) is 5.69. The van der Waals surface area contributed by atoms with Gasteiger partial charge in [0.2, 0.25) is 5.95 Å². The molecule has 6 heteroatoms. The molecule has 0 atom stereocenters. The molecule has 1 fully saturated rings. The predicted molar refractivity (Wildman–Crippen MR) is 111 cm³/mol. The van der Waals surface area contributed by atoms with Crippen LogP contribution in [-0.2, 0) is 0 Å². The summed E-state index contributed by atoms with van der Waals surface area (Å²) in [5.74, 6) is 1.58. The molecule has 0 saturated heterocycles. The van der Waals surface area contributed by atoms with E-state index in [4.69, 9.17) is 14.7 Å². The van der Waals surface area contributed by atoms with E-state index in [2.05, 4.69) is 28.0 Å². The minimum Gasteiger partial charge on any atom is -0.497 e. The standard InChI is InChI=1S/C22H21N5O/c1-27(15-5-6-15)22-24-12-9-18(26-22)17-13-20-19(10-11-23-20)25-21(17)14-3-7-16(28-2)8-4-14/h3-4,7-13,15,23H,5-6H2,1-2H3. The van der Waals surface area contributed by atoms with E-state index >= 15 is 0 Å². The summed E-state index contributed by atoms with van der Waals surface area (Å²) in [4.78, 5) is 19.7. The molecule has 0 radical (unpaired) electrons. The van der Waals surface area contributed by atoms with Gasteiger partial charge in [0.25, 0.3) is 0 Å². The first-order valence-electron chi connectivity index (χ1n) is 9.42. The van der Waals surface area contributed by atoms with Crippen LogP contribution in [0.15, 0.2) is 54.9 Å². The molecule has 1 aliphatic rings. The molecule has 6 nitrogen and oxygen atoms in total. The summed E-state index contributed by atoms with van der Waals surface area (Å²) < 4.78 is 5.30. The van der Waals surface area contributed by atoms with Crippen molar-refractivity contribution in [2.45, 2.75) is 18.9 Å². The van der Waals surface area contributed by atoms with Crippen LogP contribution in [0.1, 0.15) is 12.8 Å². The lowest BCUT2D eigenvalue weighted by atomic mass is 10.0. The van der Waals surface area contributed by atoms with Crippen LogP contribution in [0.4, 0.5) is 5.95 Å². The van der Waals surface area contributed by atoms with E-state index in [0.29, 0.717) is 6.04 Å². The number of anilines is 1. The number of rotatable bonds is 5. The van der Waals surface area contributed by atoms with Crippen molar-refractivity contribution in [3.05, 3.63) is 54.9 Å². The van der Waals surface area contributed by atoms with Gasteiger partial charge in [0.05, 0.1) is 29.5 Å². The van der Waals surface area contributed by atoms with Crippen molar-refractivity contribution >= 4 is 17.0 Å². The second kappa shape index (κ2) is 6.64. The zero-order valence-electron chi connectivity index (χ0n) is 15.9. The van der Waals surface area contributed by atoms with Gasteiger partial charge in [-0.25, -0.2) is 15.0 Å². The molecule has 1 N–H and O–H groups in total. The van der Waals surface area contributed by atoms with E-state index in [1.54, 1.807) is 7.11 Å². The highest BCUT2D eigenvalue weighted by Gasteiger charge is 2.28. The maximum absolute atomic E-state index is 5.30. The maximum Gasteiger partial charge on any atom is 0.225 e. The second-order valence-corrected chi connectivity index (χ2v) is 7.11. The molecular formula is C22H21N5O. The first-order chi connectivity index (χ1) is 13.7. The maximum atomic E-state index is 5.30. The summed E-state index contributed by atoms with van der Waals surface area (Å²) in [6.45, 7) is 0. The van der Waals surface area contributed by atoms with Crippen LogP contribution >= 0.6 is 0 Å². The fourth-order valence-electron chi connectivity index (χ4n) is 3.44. The Balaban J connectivity index is 1.66. The Morgan fingerprint density at radius 2 is 1.89 bits per heavy atom. The fourth-order valence-corrected chi connectivity index (χ4v) is 3.44. The molecule has 3 aromatic heterocycles. The van der Waals surface area contributed by atoms with E-state index in [9.17, 15) is 0 Å². The van der Waals surface area contributed by atoms with E-state index < -0.39 is 0 Å². The van der Waals surface area contributed by atoms with Gasteiger partial charge in [-0.05, 0) is 55.3 Å². The lowest BCUT2D eigenvalue weighted by Crippen LogP contribution is -2.21. The van der Waals surface area contributed by atoms with Crippen molar-refractivity contribution in [2.24, 2.45) is 0 Å². The zero-order valence-corrected chi connectivity index (χ0v) is 15.9. The number of hydrogen-bond donors (Lipinski definition) is 1. The molecule has 1 saturated carbocycles. The summed E-state index contributed by atoms with van der Waals surface area (Å²) >= 11 is 0. The molecule has 4 aromatic rings. The number of methoxy groups -OCH3 is 1. The number of nitrogens with one attached hydrogen (secondary N) is 1. The summed E-state index contributed by atoms with van der Waals surface area (Å²) in [6.07, 6.45) is 6.15. The molecule has 3 heterocycles. The number of nitrogens with zero attached hydrogens (tertiary/aromatic N) is 4. The van der Waals surface area contributed by atoms with Crippen LogP contribution in [0.25, 0.3) is 33.5 Å². The molecule has 0 aliphatic heterocycles. The van der Waals surface area contributed by atoms with E-state index in [1.807, 2.05) is 48.8 Å². The Labute approximate surface area is 163 Å². The number of H-pyrrole nitrogens is 1. The Kier molecular flexibility index (Phi) is 3.97. The van der Waals surface area contributed by atoms with Crippen molar-refractivity contribution < 1.29 is 4.74 Å². The van der Waals surface area contributed by atoms with Crippen molar-refractivity contribution in [1.82, 2.24) is 19.9 Å². The summed E-state index contributed by atoms with van der Waals surface area (Å²) in [6, 6.07) is 14.6. The fraction of sp³-hybridized carbons (Fsp3) is 0.227. The lowest BCUT2D eigenvalue weighted by Gasteiger charge is -2.17. The van der Waals surface area contributed by atoms with Crippen molar-refractivity contribution in [1.29, 1.82) is 0 Å². The van der Waals surface area contributed by atoms with Gasteiger partial charge in [0.1, 0.15) is 5.75 Å². The van der Waals surface area contributed by atoms with Gasteiger partial charge in [-0.2, -0.15) is 0 Å². The largest absolute Gasteiger partial charge is 0.497 e.